The molecule has 2 amide bonds. The quantitative estimate of drug-likeness (QED) is 0.340. The zero-order chi connectivity index (χ0) is 20.9. The van der Waals surface area contributed by atoms with Crippen LogP contribution in [0, 0.1) is 6.92 Å². The van der Waals surface area contributed by atoms with Crippen molar-refractivity contribution < 1.29 is 9.59 Å². The molecule has 2 heterocycles. The number of pyridine rings is 1. The summed E-state index contributed by atoms with van der Waals surface area (Å²) >= 11 is 1.60. The number of H-pyrrole nitrogens is 1. The fourth-order valence-electron chi connectivity index (χ4n) is 2.76. The number of imidazole rings is 1. The molecule has 4 rings (SSSR count). The third kappa shape index (κ3) is 4.66. The predicted octanol–water partition coefficient (Wildman–Crippen LogP) is 3.63. The molecule has 0 aliphatic carbocycles. The number of fused-ring (bicyclic) bond motifs is 1. The van der Waals surface area contributed by atoms with Gasteiger partial charge in [-0.25, -0.2) is 4.98 Å². The molecule has 2 aromatic heterocycles. The zero-order valence-electron chi connectivity index (χ0n) is 16.2. The lowest BCUT2D eigenvalue weighted by Crippen LogP contribution is -2.41. The molecule has 0 aliphatic rings. The summed E-state index contributed by atoms with van der Waals surface area (Å²) in [7, 11) is 0. The lowest BCUT2D eigenvalue weighted by atomic mass is 10.1. The normalized spacial score (nSPS) is 10.7. The number of hydrogen-bond acceptors (Lipinski definition) is 5. The minimum absolute atomic E-state index is 0.374. The topological polar surface area (TPSA) is 99.8 Å². The van der Waals surface area contributed by atoms with Crippen LogP contribution in [0.25, 0.3) is 11.0 Å². The van der Waals surface area contributed by atoms with Crippen LogP contribution in [0.2, 0.25) is 0 Å². The molecular weight excluding hydrogens is 398 g/mol. The Balaban J connectivity index is 1.30. The highest BCUT2D eigenvalue weighted by Gasteiger charge is 2.10. The Hall–Kier alpha value is -3.65. The van der Waals surface area contributed by atoms with Gasteiger partial charge in [0.15, 0.2) is 5.16 Å². The number of aryl methyl sites for hydroxylation is 1. The van der Waals surface area contributed by atoms with Crippen LogP contribution in [0.1, 0.15) is 32.0 Å². The fraction of sp³-hybridized carbons (Fsp3) is 0.0909. The molecular formula is C22H19N5O2S. The van der Waals surface area contributed by atoms with Gasteiger partial charge in [0, 0.05) is 23.2 Å². The second kappa shape index (κ2) is 8.79. The average molecular weight is 417 g/mol. The maximum absolute atomic E-state index is 12.3. The van der Waals surface area contributed by atoms with Crippen LogP contribution in [0.3, 0.4) is 0 Å². The predicted molar refractivity (Wildman–Crippen MR) is 116 cm³/mol. The number of carbonyl (C=O) groups excluding carboxylic acids is 2. The van der Waals surface area contributed by atoms with E-state index >= 15 is 0 Å². The Bertz CT molecular complexity index is 1150. The lowest BCUT2D eigenvalue weighted by molar-refractivity contribution is 0.0846. The van der Waals surface area contributed by atoms with Crippen molar-refractivity contribution in [1.29, 1.82) is 0 Å². The van der Waals surface area contributed by atoms with Gasteiger partial charge in [-0.05, 0) is 48.9 Å². The number of aromatic amines is 1. The van der Waals surface area contributed by atoms with Crippen molar-refractivity contribution in [2.75, 3.05) is 0 Å². The fourth-order valence-corrected chi connectivity index (χ4v) is 3.60. The number of amides is 2. The van der Waals surface area contributed by atoms with Gasteiger partial charge in [-0.2, -0.15) is 0 Å². The minimum atomic E-state index is -0.422. The molecule has 150 valence electrons. The third-order valence-electron chi connectivity index (χ3n) is 4.42. The molecule has 0 saturated heterocycles. The molecule has 7 nitrogen and oxygen atoms in total. The Labute approximate surface area is 177 Å². The largest absolute Gasteiger partial charge is 0.333 e. The molecule has 2 aromatic carbocycles. The number of carbonyl (C=O) groups is 2. The summed E-state index contributed by atoms with van der Waals surface area (Å²) in [6, 6.07) is 18.5. The van der Waals surface area contributed by atoms with Gasteiger partial charge < -0.3 is 4.98 Å². The van der Waals surface area contributed by atoms with Crippen molar-refractivity contribution in [3.05, 3.63) is 89.2 Å². The van der Waals surface area contributed by atoms with E-state index in [0.717, 1.165) is 33.2 Å². The number of rotatable bonds is 5. The molecule has 0 radical (unpaired) electrons. The molecule has 3 N–H and O–H groups in total. The van der Waals surface area contributed by atoms with Gasteiger partial charge in [-0.3, -0.25) is 25.4 Å². The summed E-state index contributed by atoms with van der Waals surface area (Å²) in [6.45, 7) is 1.84. The Morgan fingerprint density at radius 1 is 0.933 bits per heavy atom. The van der Waals surface area contributed by atoms with Crippen LogP contribution in [-0.2, 0) is 5.75 Å². The van der Waals surface area contributed by atoms with Crippen LogP contribution in [0.5, 0.6) is 0 Å². The van der Waals surface area contributed by atoms with Gasteiger partial charge in [0.2, 0.25) is 0 Å². The zero-order valence-corrected chi connectivity index (χ0v) is 17.0. The molecule has 30 heavy (non-hydrogen) atoms. The highest BCUT2D eigenvalue weighted by atomic mass is 32.2. The van der Waals surface area contributed by atoms with E-state index in [4.69, 9.17) is 0 Å². The van der Waals surface area contributed by atoms with Crippen LogP contribution in [0.4, 0.5) is 0 Å². The first kappa shape index (κ1) is 19.7. The maximum Gasteiger partial charge on any atom is 0.271 e. The summed E-state index contributed by atoms with van der Waals surface area (Å²) in [5, 5.41) is 0.853. The molecule has 0 unspecified atom stereocenters. The number of benzene rings is 2. The molecule has 0 fully saturated rings. The number of nitrogens with zero attached hydrogens (tertiary/aromatic N) is 2. The molecule has 0 atom stereocenters. The Morgan fingerprint density at radius 2 is 1.63 bits per heavy atom. The second-order valence-corrected chi connectivity index (χ2v) is 7.61. The van der Waals surface area contributed by atoms with Gasteiger partial charge in [0.25, 0.3) is 11.8 Å². The molecule has 8 heteroatoms. The minimum Gasteiger partial charge on any atom is -0.333 e. The molecule has 0 saturated carbocycles. The van der Waals surface area contributed by atoms with Crippen molar-refractivity contribution in [3.8, 4) is 0 Å². The van der Waals surface area contributed by atoms with Gasteiger partial charge in [0.05, 0.1) is 16.6 Å². The third-order valence-corrected chi connectivity index (χ3v) is 5.37. The van der Waals surface area contributed by atoms with E-state index in [1.807, 2.05) is 43.3 Å². The monoisotopic (exact) mass is 417 g/mol. The van der Waals surface area contributed by atoms with E-state index in [9.17, 15) is 9.59 Å². The Kier molecular flexibility index (Phi) is 5.76. The van der Waals surface area contributed by atoms with E-state index < -0.39 is 5.91 Å². The number of hydrazine groups is 1. The SMILES string of the molecule is Cc1ccc(C(=O)NNC(=O)c2ccc(CSc3nc4ccccc4[nH]3)cc2)cn1. The average Bonchev–Trinajstić information content (AvgIpc) is 3.20. The van der Waals surface area contributed by atoms with E-state index in [1.165, 1.54) is 6.20 Å². The van der Waals surface area contributed by atoms with Gasteiger partial charge in [-0.1, -0.05) is 36.0 Å². The standard InChI is InChI=1S/C22H19N5O2S/c1-14-6-9-17(12-23-14)21(29)27-26-20(28)16-10-7-15(8-11-16)13-30-22-24-18-4-2-3-5-19(18)25-22/h2-12H,13H2,1H3,(H,24,25)(H,26,28)(H,27,29). The molecule has 0 spiro atoms. The molecule has 4 aromatic rings. The van der Waals surface area contributed by atoms with Crippen LogP contribution in [0.15, 0.2) is 72.0 Å². The van der Waals surface area contributed by atoms with Crippen LogP contribution >= 0.6 is 11.8 Å². The van der Waals surface area contributed by atoms with Gasteiger partial charge in [0.1, 0.15) is 0 Å². The first-order valence-corrected chi connectivity index (χ1v) is 10.3. The number of hydrogen-bond donors (Lipinski definition) is 3. The smallest absolute Gasteiger partial charge is 0.271 e. The summed E-state index contributed by atoms with van der Waals surface area (Å²) in [5.41, 5.74) is 9.47. The first-order valence-electron chi connectivity index (χ1n) is 9.28. The first-order chi connectivity index (χ1) is 14.6. The summed E-state index contributed by atoms with van der Waals surface area (Å²) < 4.78 is 0. The summed E-state index contributed by atoms with van der Waals surface area (Å²) in [5.74, 6) is -0.0894. The van der Waals surface area contributed by atoms with Crippen molar-refractivity contribution in [1.82, 2.24) is 25.8 Å². The van der Waals surface area contributed by atoms with Crippen molar-refractivity contribution in [3.63, 3.8) is 0 Å². The highest BCUT2D eigenvalue weighted by Crippen LogP contribution is 2.23. The van der Waals surface area contributed by atoms with E-state index in [1.54, 1.807) is 36.0 Å². The lowest BCUT2D eigenvalue weighted by Gasteiger charge is -2.08. The number of para-hydroxylation sites is 2. The summed E-state index contributed by atoms with van der Waals surface area (Å²) in [4.78, 5) is 36.2. The van der Waals surface area contributed by atoms with E-state index in [2.05, 4.69) is 25.8 Å². The van der Waals surface area contributed by atoms with E-state index in [0.29, 0.717) is 11.1 Å². The van der Waals surface area contributed by atoms with Gasteiger partial charge in [-0.15, -0.1) is 0 Å². The van der Waals surface area contributed by atoms with Crippen LogP contribution < -0.4 is 10.9 Å². The molecule has 0 aliphatic heterocycles. The van der Waals surface area contributed by atoms with Crippen molar-refractivity contribution >= 4 is 34.6 Å². The van der Waals surface area contributed by atoms with Gasteiger partial charge >= 0.3 is 0 Å². The second-order valence-electron chi connectivity index (χ2n) is 6.64. The highest BCUT2D eigenvalue weighted by molar-refractivity contribution is 7.98. The van der Waals surface area contributed by atoms with Crippen molar-refractivity contribution in [2.45, 2.75) is 17.8 Å². The summed E-state index contributed by atoms with van der Waals surface area (Å²) in [6.07, 6.45) is 1.46. The Morgan fingerprint density at radius 3 is 2.33 bits per heavy atom. The number of nitrogens with one attached hydrogen (secondary N) is 3. The van der Waals surface area contributed by atoms with Crippen LogP contribution in [-0.4, -0.2) is 26.8 Å². The molecule has 0 bridgehead atoms. The van der Waals surface area contributed by atoms with E-state index in [-0.39, 0.29) is 5.91 Å². The number of aromatic nitrogens is 3. The maximum atomic E-state index is 12.3. The van der Waals surface area contributed by atoms with Crippen molar-refractivity contribution in [2.24, 2.45) is 0 Å². The number of thioether (sulfide) groups is 1.